The zero-order valence-corrected chi connectivity index (χ0v) is 4.67. The van der Waals surface area contributed by atoms with Crippen LogP contribution in [0.15, 0.2) is 0 Å². The third-order valence-corrected chi connectivity index (χ3v) is 0. The molecule has 0 aliphatic heterocycles. The molecule has 0 aromatic heterocycles. The quantitative estimate of drug-likeness (QED) is 0.391. The molecule has 0 aliphatic rings. The summed E-state index contributed by atoms with van der Waals surface area (Å²) < 4.78 is 0. The second-order valence-corrected chi connectivity index (χ2v) is 0. The Morgan fingerprint density at radius 2 is 0.750 bits per heavy atom. The van der Waals surface area contributed by atoms with Crippen molar-refractivity contribution in [1.29, 1.82) is 0 Å². The molecular formula is H8O2SnZn. The smallest absolute Gasteiger partial charge is 0 e. The Labute approximate surface area is 54.3 Å². The molecule has 0 unspecified atom stereocenters. The van der Waals surface area contributed by atoms with Crippen molar-refractivity contribution in [2.45, 2.75) is 0 Å². The molecule has 0 radical (unpaired) electrons. The first-order chi connectivity index (χ1) is 0. The molecule has 0 atom stereocenters. The fraction of sp³-hybridized carbons (Fsp3) is 0. The zero-order chi connectivity index (χ0) is 0. The van der Waals surface area contributed by atoms with Crippen molar-refractivity contribution in [2.24, 2.45) is 0 Å². The Kier molecular flexibility index (Phi) is 376. The van der Waals surface area contributed by atoms with Gasteiger partial charge in [-0.25, -0.2) is 0 Å². The summed E-state index contributed by atoms with van der Waals surface area (Å²) >= 11 is 0. The van der Waals surface area contributed by atoms with Gasteiger partial charge in [-0.1, -0.05) is 0 Å². The first-order valence-corrected chi connectivity index (χ1v) is 0. The summed E-state index contributed by atoms with van der Waals surface area (Å²) in [5.41, 5.74) is 0. The van der Waals surface area contributed by atoms with E-state index in [0.717, 1.165) is 0 Å². The van der Waals surface area contributed by atoms with Crippen molar-refractivity contribution in [3.63, 3.8) is 0 Å². The van der Waals surface area contributed by atoms with Crippen molar-refractivity contribution in [3.05, 3.63) is 0 Å². The molecule has 26 valence electrons. The fourth-order valence-corrected chi connectivity index (χ4v) is 0. The summed E-state index contributed by atoms with van der Waals surface area (Å²) in [6.45, 7) is 0. The third-order valence-electron chi connectivity index (χ3n) is 0. The first kappa shape index (κ1) is 55.9. The monoisotopic (exact) mass is 224 g/mol. The third kappa shape index (κ3) is 10.2. The Morgan fingerprint density at radius 3 is 0.750 bits per heavy atom. The summed E-state index contributed by atoms with van der Waals surface area (Å²) in [6.07, 6.45) is 0. The molecule has 4 heavy (non-hydrogen) atoms. The van der Waals surface area contributed by atoms with Crippen molar-refractivity contribution < 1.29 is 30.4 Å². The van der Waals surface area contributed by atoms with Crippen LogP contribution in [0.25, 0.3) is 0 Å². The van der Waals surface area contributed by atoms with Crippen LogP contribution in [0.1, 0.15) is 0 Å². The van der Waals surface area contributed by atoms with Crippen LogP contribution in [-0.4, -0.2) is 34.9 Å². The summed E-state index contributed by atoms with van der Waals surface area (Å²) in [5, 5.41) is 0. The van der Waals surface area contributed by atoms with Crippen LogP contribution in [0.4, 0.5) is 0 Å². The van der Waals surface area contributed by atoms with Crippen LogP contribution in [0.2, 0.25) is 0 Å². The van der Waals surface area contributed by atoms with E-state index in [4.69, 9.17) is 0 Å². The summed E-state index contributed by atoms with van der Waals surface area (Å²) in [4.78, 5) is 0. The SMILES string of the molecule is O.O.[SnH4].[Zn]. The van der Waals surface area contributed by atoms with Crippen molar-refractivity contribution >= 4 is 23.9 Å². The van der Waals surface area contributed by atoms with Gasteiger partial charge in [-0.3, -0.25) is 0 Å². The minimum Gasteiger partial charge on any atom is 0 e. The Morgan fingerprint density at radius 1 is 0.750 bits per heavy atom. The van der Waals surface area contributed by atoms with E-state index in [0.29, 0.717) is 0 Å². The molecule has 0 spiro atoms. The zero-order valence-electron chi connectivity index (χ0n) is 1.71. The van der Waals surface area contributed by atoms with Crippen LogP contribution >= 0.6 is 0 Å². The molecule has 0 aromatic carbocycles. The average molecular weight is 224 g/mol. The molecule has 0 saturated carbocycles. The average Bonchev–Trinajstić information content (AvgIpc) is 0. The van der Waals surface area contributed by atoms with E-state index < -0.39 is 0 Å². The normalized spacial score (nSPS) is 0. The van der Waals surface area contributed by atoms with Crippen LogP contribution < -0.4 is 0 Å². The Bertz CT molecular complexity index is 6.00. The largest absolute Gasteiger partial charge is 0 e. The molecule has 4 N–H and O–H groups in total. The number of hydrogen-bond acceptors (Lipinski definition) is 0. The molecule has 0 aromatic rings. The van der Waals surface area contributed by atoms with E-state index in [1.54, 1.807) is 0 Å². The van der Waals surface area contributed by atoms with Gasteiger partial charge < -0.3 is 11.0 Å². The van der Waals surface area contributed by atoms with Gasteiger partial charge >= 0.3 is 23.9 Å². The van der Waals surface area contributed by atoms with Gasteiger partial charge in [0.1, 0.15) is 0 Å². The van der Waals surface area contributed by atoms with Crippen molar-refractivity contribution in [2.75, 3.05) is 0 Å². The second kappa shape index (κ2) is 26.9. The molecule has 0 aliphatic carbocycles. The van der Waals surface area contributed by atoms with E-state index in [-0.39, 0.29) is 54.3 Å². The van der Waals surface area contributed by atoms with Gasteiger partial charge in [0.25, 0.3) is 0 Å². The Hall–Kier alpha value is 1.34. The van der Waals surface area contributed by atoms with E-state index >= 15 is 0 Å². The van der Waals surface area contributed by atoms with E-state index in [2.05, 4.69) is 0 Å². The van der Waals surface area contributed by atoms with Gasteiger partial charge in [0, 0.05) is 19.5 Å². The standard InChI is InChI=1S/2H2O.Sn.Zn.4H/h2*1H2;;;;;;. The molecule has 0 fully saturated rings. The maximum Gasteiger partial charge on any atom is 0 e. The molecule has 4 heteroatoms. The summed E-state index contributed by atoms with van der Waals surface area (Å²) in [6, 6.07) is 0. The van der Waals surface area contributed by atoms with Gasteiger partial charge in [-0.05, 0) is 0 Å². The Balaban J connectivity index is 0. The maximum atomic E-state index is 0. The molecular weight excluding hydrogens is 216 g/mol. The molecule has 0 bridgehead atoms. The van der Waals surface area contributed by atoms with Gasteiger partial charge in [-0.2, -0.15) is 0 Å². The topological polar surface area (TPSA) is 63.0 Å². The van der Waals surface area contributed by atoms with E-state index in [1.807, 2.05) is 0 Å². The van der Waals surface area contributed by atoms with Crippen molar-refractivity contribution in [3.8, 4) is 0 Å². The van der Waals surface area contributed by atoms with Crippen LogP contribution in [-0.2, 0) is 19.5 Å². The predicted molar refractivity (Wildman–Crippen MR) is 18.6 cm³/mol. The molecule has 0 rings (SSSR count). The van der Waals surface area contributed by atoms with Gasteiger partial charge in [0.15, 0.2) is 0 Å². The maximum absolute atomic E-state index is 0. The first-order valence-electron chi connectivity index (χ1n) is 0. The molecule has 0 amide bonds. The second-order valence-electron chi connectivity index (χ2n) is 0. The van der Waals surface area contributed by atoms with Crippen LogP contribution in [0.5, 0.6) is 0 Å². The molecule has 0 saturated heterocycles. The number of rotatable bonds is 0. The molecule has 0 heterocycles. The summed E-state index contributed by atoms with van der Waals surface area (Å²) in [7, 11) is 0. The number of hydrogen-bond donors (Lipinski definition) is 0. The molecule has 2 nitrogen and oxygen atoms in total. The van der Waals surface area contributed by atoms with Gasteiger partial charge in [0.2, 0.25) is 0 Å². The minimum absolute atomic E-state index is 0. The van der Waals surface area contributed by atoms with Gasteiger partial charge in [-0.15, -0.1) is 0 Å². The predicted octanol–water partition coefficient (Wildman–Crippen LogP) is -3.10. The van der Waals surface area contributed by atoms with Crippen LogP contribution in [0, 0.1) is 0 Å². The van der Waals surface area contributed by atoms with Crippen molar-refractivity contribution in [1.82, 2.24) is 0 Å². The van der Waals surface area contributed by atoms with E-state index in [9.17, 15) is 0 Å². The van der Waals surface area contributed by atoms with E-state index in [1.165, 1.54) is 0 Å². The minimum atomic E-state index is 0. The van der Waals surface area contributed by atoms with Crippen LogP contribution in [0.3, 0.4) is 0 Å². The fourth-order valence-electron chi connectivity index (χ4n) is 0. The van der Waals surface area contributed by atoms with Gasteiger partial charge in [0.05, 0.1) is 0 Å². The summed E-state index contributed by atoms with van der Waals surface area (Å²) in [5.74, 6) is 0.